The van der Waals surface area contributed by atoms with Crippen LogP contribution >= 0.6 is 11.8 Å². The molecule has 0 bridgehead atoms. The van der Waals surface area contributed by atoms with E-state index in [1.165, 1.54) is 17.7 Å². The Bertz CT molecular complexity index is 305. The molecule has 70 valence electrons. The molecule has 1 nitrogen and oxygen atoms in total. The average molecular weight is 194 g/mol. The van der Waals surface area contributed by atoms with Gasteiger partial charge in [-0.05, 0) is 25.2 Å². The van der Waals surface area contributed by atoms with Gasteiger partial charge in [-0.3, -0.25) is 0 Å². The molecule has 1 fully saturated rings. The smallest absolute Gasteiger partial charge is 0.123 e. The topological polar surface area (TPSA) is 9.23 Å². The Kier molecular flexibility index (Phi) is 2.24. The highest BCUT2D eigenvalue weighted by Gasteiger charge is 2.36. The Labute approximate surface area is 83.5 Å². The van der Waals surface area contributed by atoms with Gasteiger partial charge < -0.3 is 4.74 Å². The Morgan fingerprint density at radius 2 is 2.08 bits per heavy atom. The number of hydrogen-bond donors (Lipinski definition) is 0. The highest BCUT2D eigenvalue weighted by Crippen LogP contribution is 2.51. The van der Waals surface area contributed by atoms with Gasteiger partial charge in [0, 0.05) is 10.3 Å². The van der Waals surface area contributed by atoms with Crippen LogP contribution in [-0.4, -0.2) is 12.9 Å². The van der Waals surface area contributed by atoms with Gasteiger partial charge in [0.15, 0.2) is 0 Å². The van der Waals surface area contributed by atoms with Crippen LogP contribution < -0.4 is 4.74 Å². The molecule has 1 unspecified atom stereocenters. The van der Waals surface area contributed by atoms with Crippen LogP contribution in [0.3, 0.4) is 0 Å². The largest absolute Gasteiger partial charge is 0.496 e. The average Bonchev–Trinajstić information content (AvgIpc) is 2.14. The third kappa shape index (κ3) is 1.44. The molecule has 0 aliphatic carbocycles. The fourth-order valence-electron chi connectivity index (χ4n) is 1.70. The number of hydrogen-bond acceptors (Lipinski definition) is 2. The van der Waals surface area contributed by atoms with Crippen molar-refractivity contribution in [2.24, 2.45) is 0 Å². The second-order valence-electron chi connectivity index (χ2n) is 3.53. The van der Waals surface area contributed by atoms with Gasteiger partial charge in [0.2, 0.25) is 0 Å². The van der Waals surface area contributed by atoms with E-state index in [1.807, 2.05) is 23.9 Å². The van der Waals surface area contributed by atoms with Crippen molar-refractivity contribution < 1.29 is 4.74 Å². The number of benzene rings is 1. The number of methoxy groups -OCH3 is 1. The zero-order valence-corrected chi connectivity index (χ0v) is 8.86. The Balaban J connectivity index is 2.38. The molecule has 0 saturated carbocycles. The second kappa shape index (κ2) is 3.26. The first-order valence-corrected chi connectivity index (χ1v) is 5.52. The molecular formula is C11H14OS. The molecular weight excluding hydrogens is 180 g/mol. The van der Waals surface area contributed by atoms with E-state index < -0.39 is 0 Å². The zero-order valence-electron chi connectivity index (χ0n) is 8.04. The van der Waals surface area contributed by atoms with E-state index in [-0.39, 0.29) is 0 Å². The van der Waals surface area contributed by atoms with Crippen molar-refractivity contribution in [2.45, 2.75) is 18.1 Å². The second-order valence-corrected chi connectivity index (χ2v) is 5.13. The molecule has 0 N–H and O–H groups in total. The van der Waals surface area contributed by atoms with E-state index in [9.17, 15) is 0 Å². The Morgan fingerprint density at radius 3 is 2.62 bits per heavy atom. The van der Waals surface area contributed by atoms with E-state index in [1.54, 1.807) is 7.11 Å². The number of ether oxygens (including phenoxy) is 1. The van der Waals surface area contributed by atoms with Crippen LogP contribution in [0.5, 0.6) is 5.75 Å². The molecule has 1 aromatic rings. The molecule has 1 heterocycles. The minimum atomic E-state index is 0.298. The van der Waals surface area contributed by atoms with Gasteiger partial charge >= 0.3 is 0 Å². The van der Waals surface area contributed by atoms with Gasteiger partial charge in [-0.2, -0.15) is 11.8 Å². The fourth-order valence-corrected chi connectivity index (χ4v) is 2.84. The van der Waals surface area contributed by atoms with E-state index in [0.29, 0.717) is 4.75 Å². The van der Waals surface area contributed by atoms with E-state index >= 15 is 0 Å². The molecule has 1 saturated heterocycles. The van der Waals surface area contributed by atoms with Crippen LogP contribution in [0.15, 0.2) is 24.3 Å². The highest BCUT2D eigenvalue weighted by molar-refractivity contribution is 8.01. The van der Waals surface area contributed by atoms with Gasteiger partial charge in [-0.25, -0.2) is 0 Å². The molecule has 0 radical (unpaired) electrons. The summed E-state index contributed by atoms with van der Waals surface area (Å²) in [5, 5.41) is 0. The molecule has 1 aliphatic rings. The summed E-state index contributed by atoms with van der Waals surface area (Å²) in [6, 6.07) is 8.32. The maximum atomic E-state index is 5.35. The lowest BCUT2D eigenvalue weighted by Gasteiger charge is -2.38. The molecule has 2 heteroatoms. The van der Waals surface area contributed by atoms with Gasteiger partial charge in [-0.1, -0.05) is 18.2 Å². The van der Waals surface area contributed by atoms with Crippen LogP contribution in [0, 0.1) is 0 Å². The maximum Gasteiger partial charge on any atom is 0.123 e. The Hall–Kier alpha value is -0.630. The first kappa shape index (κ1) is 8.95. The predicted molar refractivity (Wildman–Crippen MR) is 57.4 cm³/mol. The lowest BCUT2D eigenvalue weighted by Crippen LogP contribution is -2.28. The third-order valence-electron chi connectivity index (χ3n) is 2.68. The monoisotopic (exact) mass is 194 g/mol. The van der Waals surface area contributed by atoms with Crippen LogP contribution in [0.25, 0.3) is 0 Å². The first-order chi connectivity index (χ1) is 6.26. The quantitative estimate of drug-likeness (QED) is 0.715. The van der Waals surface area contributed by atoms with Crippen molar-refractivity contribution in [3.05, 3.63) is 29.8 Å². The summed E-state index contributed by atoms with van der Waals surface area (Å²) in [6.07, 6.45) is 1.26. The standard InChI is InChI=1S/C11H14OS/c1-11(7-8-13-11)9-5-3-4-6-10(9)12-2/h3-6H,7-8H2,1-2H3. The Morgan fingerprint density at radius 1 is 1.38 bits per heavy atom. The van der Waals surface area contributed by atoms with Crippen molar-refractivity contribution in [3.8, 4) is 5.75 Å². The van der Waals surface area contributed by atoms with Gasteiger partial charge in [0.1, 0.15) is 5.75 Å². The zero-order chi connectivity index (χ0) is 9.31. The van der Waals surface area contributed by atoms with Crippen molar-refractivity contribution in [1.82, 2.24) is 0 Å². The van der Waals surface area contributed by atoms with Gasteiger partial charge in [-0.15, -0.1) is 0 Å². The molecule has 1 aliphatic heterocycles. The highest BCUT2D eigenvalue weighted by atomic mass is 32.2. The summed E-state index contributed by atoms with van der Waals surface area (Å²) in [7, 11) is 1.74. The van der Waals surface area contributed by atoms with Gasteiger partial charge in [0.25, 0.3) is 0 Å². The fraction of sp³-hybridized carbons (Fsp3) is 0.455. The molecule has 0 aromatic heterocycles. The lowest BCUT2D eigenvalue weighted by molar-refractivity contribution is 0.401. The van der Waals surface area contributed by atoms with Crippen LogP contribution in [-0.2, 0) is 4.75 Å². The number of para-hydroxylation sites is 1. The van der Waals surface area contributed by atoms with Crippen LogP contribution in [0.2, 0.25) is 0 Å². The van der Waals surface area contributed by atoms with Crippen molar-refractivity contribution in [3.63, 3.8) is 0 Å². The summed E-state index contributed by atoms with van der Waals surface area (Å²) < 4.78 is 5.65. The molecule has 2 rings (SSSR count). The van der Waals surface area contributed by atoms with Crippen molar-refractivity contribution in [2.75, 3.05) is 12.9 Å². The summed E-state index contributed by atoms with van der Waals surface area (Å²) in [4.78, 5) is 0. The third-order valence-corrected chi connectivity index (χ3v) is 4.15. The molecule has 1 aromatic carbocycles. The summed E-state index contributed by atoms with van der Waals surface area (Å²) in [6.45, 7) is 2.29. The SMILES string of the molecule is COc1ccccc1C1(C)CCS1. The molecule has 1 atom stereocenters. The summed E-state index contributed by atoms with van der Waals surface area (Å²) >= 11 is 2.01. The molecule has 0 spiro atoms. The van der Waals surface area contributed by atoms with Crippen molar-refractivity contribution in [1.29, 1.82) is 0 Å². The maximum absolute atomic E-state index is 5.35. The summed E-state index contributed by atoms with van der Waals surface area (Å²) in [5.74, 6) is 2.30. The summed E-state index contributed by atoms with van der Waals surface area (Å²) in [5.41, 5.74) is 1.34. The molecule has 13 heavy (non-hydrogen) atoms. The minimum absolute atomic E-state index is 0.298. The minimum Gasteiger partial charge on any atom is -0.496 e. The predicted octanol–water partition coefficient (Wildman–Crippen LogP) is 3.05. The van der Waals surface area contributed by atoms with Crippen molar-refractivity contribution >= 4 is 11.8 Å². The van der Waals surface area contributed by atoms with E-state index in [2.05, 4.69) is 19.1 Å². The van der Waals surface area contributed by atoms with Crippen LogP contribution in [0.1, 0.15) is 18.9 Å². The first-order valence-electron chi connectivity index (χ1n) is 4.54. The van der Waals surface area contributed by atoms with E-state index in [4.69, 9.17) is 4.74 Å². The number of thioether (sulfide) groups is 1. The lowest BCUT2D eigenvalue weighted by atomic mass is 9.95. The van der Waals surface area contributed by atoms with Crippen LogP contribution in [0.4, 0.5) is 0 Å². The van der Waals surface area contributed by atoms with E-state index in [0.717, 1.165) is 5.75 Å². The normalized spacial score (nSPS) is 26.6. The molecule has 0 amide bonds. The van der Waals surface area contributed by atoms with Gasteiger partial charge in [0.05, 0.1) is 7.11 Å². The number of rotatable bonds is 2.